The maximum absolute atomic E-state index is 11.4. The maximum atomic E-state index is 11.4. The summed E-state index contributed by atoms with van der Waals surface area (Å²) in [4.78, 5) is 0. The summed E-state index contributed by atoms with van der Waals surface area (Å²) in [5, 5.41) is 0. The third kappa shape index (κ3) is 6.88. The lowest BCUT2D eigenvalue weighted by molar-refractivity contribution is -0.0288. The Morgan fingerprint density at radius 1 is 0.571 bits per heavy atom. The van der Waals surface area contributed by atoms with Gasteiger partial charge >= 0.3 is 7.32 Å². The van der Waals surface area contributed by atoms with Crippen molar-refractivity contribution in [1.29, 1.82) is 0 Å². The average Bonchev–Trinajstić information content (AvgIpc) is 2.60. The first-order valence-electron chi connectivity index (χ1n) is 8.60. The Morgan fingerprint density at radius 2 is 0.857 bits per heavy atom. The van der Waals surface area contributed by atoms with Crippen molar-refractivity contribution < 1.29 is 51.8 Å². The normalized spacial score (nSPS) is 34.5. The van der Waals surface area contributed by atoms with Crippen molar-refractivity contribution in [2.45, 2.75) is 37.6 Å². The molecule has 0 aromatic carbocycles. The molecule has 162 valence electrons. The van der Waals surface area contributed by atoms with Gasteiger partial charge in [0, 0.05) is 0 Å². The molecule has 3 unspecified atom stereocenters. The minimum atomic E-state index is -3.57. The largest absolute Gasteiger partial charge is 0.640 e. The van der Waals surface area contributed by atoms with Gasteiger partial charge in [0.15, 0.2) is 0 Å². The Morgan fingerprint density at radius 3 is 1.07 bits per heavy atom. The molecule has 16 heteroatoms. The predicted octanol–water partition coefficient (Wildman–Crippen LogP) is -1.62. The van der Waals surface area contributed by atoms with Gasteiger partial charge in [0.2, 0.25) is 0 Å². The highest BCUT2D eigenvalue weighted by Crippen LogP contribution is 2.20. The van der Waals surface area contributed by atoms with E-state index in [1.165, 1.54) is 0 Å². The highest BCUT2D eigenvalue weighted by atomic mass is 32.2. The molecule has 3 saturated heterocycles. The smallest absolute Gasteiger partial charge is 0.381 e. The quantitative estimate of drug-likeness (QED) is 0.327. The summed E-state index contributed by atoms with van der Waals surface area (Å²) < 4.78 is 99.3. The number of hydrogen-bond acceptors (Lipinski definition) is 12. The van der Waals surface area contributed by atoms with E-state index in [-0.39, 0.29) is 56.3 Å². The van der Waals surface area contributed by atoms with Crippen molar-refractivity contribution in [2.24, 2.45) is 0 Å². The molecule has 0 aromatic rings. The van der Waals surface area contributed by atoms with Crippen molar-refractivity contribution >= 4 is 37.7 Å². The van der Waals surface area contributed by atoms with Gasteiger partial charge in [-0.25, -0.2) is 0 Å². The third-order valence-electron chi connectivity index (χ3n) is 4.28. The molecule has 0 radical (unpaired) electrons. The van der Waals surface area contributed by atoms with Crippen LogP contribution in [0.15, 0.2) is 0 Å². The molecule has 0 saturated carbocycles. The third-order valence-corrected chi connectivity index (χ3v) is 7.97. The topological polar surface area (TPSA) is 158 Å². The van der Waals surface area contributed by atoms with E-state index in [0.29, 0.717) is 0 Å². The van der Waals surface area contributed by atoms with Crippen molar-refractivity contribution in [3.8, 4) is 0 Å². The van der Waals surface area contributed by atoms with Gasteiger partial charge in [-0.2, -0.15) is 25.3 Å². The van der Waals surface area contributed by atoms with E-state index < -0.39 is 56.0 Å². The molecule has 0 bridgehead atoms. The minimum Gasteiger partial charge on any atom is -0.381 e. The molecule has 3 aliphatic heterocycles. The standard InChI is InChI=1S/C12H21BO12S3/c14-26(15)4-1-10(7-20-26)23-13(24-11-2-5-27(16,17)21-8-11)25-12-3-6-28(18,19)22-9-12/h10-12H,1-9H2. The van der Waals surface area contributed by atoms with E-state index >= 15 is 0 Å². The Labute approximate surface area is 164 Å². The van der Waals surface area contributed by atoms with Gasteiger partial charge in [-0.15, -0.1) is 0 Å². The van der Waals surface area contributed by atoms with E-state index in [2.05, 4.69) is 0 Å². The summed E-state index contributed by atoms with van der Waals surface area (Å²) >= 11 is 0. The van der Waals surface area contributed by atoms with Crippen LogP contribution in [0.25, 0.3) is 0 Å². The average molecular weight is 464 g/mol. The molecule has 0 aromatic heterocycles. The summed E-state index contributed by atoms with van der Waals surface area (Å²) in [7, 11) is -12.0. The zero-order valence-electron chi connectivity index (χ0n) is 14.8. The van der Waals surface area contributed by atoms with Gasteiger partial charge in [-0.1, -0.05) is 0 Å². The fourth-order valence-corrected chi connectivity index (χ4v) is 5.77. The van der Waals surface area contributed by atoms with E-state index in [1.54, 1.807) is 0 Å². The van der Waals surface area contributed by atoms with Crippen molar-refractivity contribution in [1.82, 2.24) is 0 Å². The van der Waals surface area contributed by atoms with Crippen molar-refractivity contribution in [3.05, 3.63) is 0 Å². The second-order valence-corrected chi connectivity index (χ2v) is 11.8. The van der Waals surface area contributed by atoms with Crippen LogP contribution in [-0.4, -0.2) is 88.0 Å². The Kier molecular flexibility index (Phi) is 7.04. The zero-order valence-corrected chi connectivity index (χ0v) is 17.2. The lowest BCUT2D eigenvalue weighted by atomic mass is 10.1. The molecule has 3 atom stereocenters. The first-order valence-corrected chi connectivity index (χ1v) is 13.3. The Bertz CT molecular complexity index is 698. The lowest BCUT2D eigenvalue weighted by Crippen LogP contribution is -2.46. The van der Waals surface area contributed by atoms with Crippen LogP contribution in [-0.2, 0) is 56.9 Å². The summed E-state index contributed by atoms with van der Waals surface area (Å²) in [6.45, 7) is -0.635. The molecule has 3 rings (SSSR count). The van der Waals surface area contributed by atoms with Gasteiger partial charge in [0.25, 0.3) is 30.4 Å². The predicted molar refractivity (Wildman–Crippen MR) is 93.4 cm³/mol. The van der Waals surface area contributed by atoms with Crippen LogP contribution < -0.4 is 0 Å². The molecule has 0 spiro atoms. The first-order chi connectivity index (χ1) is 13.0. The maximum Gasteiger partial charge on any atom is 0.640 e. The molecule has 3 aliphatic rings. The monoisotopic (exact) mass is 464 g/mol. The second-order valence-electron chi connectivity index (χ2n) is 6.57. The van der Waals surface area contributed by atoms with Crippen LogP contribution in [0.2, 0.25) is 0 Å². The van der Waals surface area contributed by atoms with Crippen molar-refractivity contribution in [3.63, 3.8) is 0 Å². The molecule has 12 nitrogen and oxygen atoms in total. The zero-order chi connectivity index (χ0) is 20.4. The van der Waals surface area contributed by atoms with Crippen LogP contribution in [0, 0.1) is 0 Å². The van der Waals surface area contributed by atoms with E-state index in [9.17, 15) is 25.3 Å². The summed E-state index contributed by atoms with van der Waals surface area (Å²) in [5.74, 6) is -0.667. The summed E-state index contributed by atoms with van der Waals surface area (Å²) in [5.41, 5.74) is 0. The summed E-state index contributed by atoms with van der Waals surface area (Å²) in [6, 6.07) is 0. The van der Waals surface area contributed by atoms with Crippen molar-refractivity contribution in [2.75, 3.05) is 37.1 Å². The van der Waals surface area contributed by atoms with Gasteiger partial charge in [0.05, 0.1) is 55.4 Å². The Hall–Kier alpha value is -0.325. The van der Waals surface area contributed by atoms with Gasteiger partial charge in [0.1, 0.15) is 0 Å². The fraction of sp³-hybridized carbons (Fsp3) is 1.00. The SMILES string of the molecule is O=S1(=O)CCC(OB(OC2CCS(=O)(=O)OC2)OC2CCS(=O)(=O)OC2)CO1. The number of rotatable bonds is 6. The first kappa shape index (κ1) is 22.4. The van der Waals surface area contributed by atoms with Crippen LogP contribution in [0.3, 0.4) is 0 Å². The lowest BCUT2D eigenvalue weighted by Gasteiger charge is -2.31. The molecule has 0 N–H and O–H groups in total. The molecule has 3 fully saturated rings. The fourth-order valence-electron chi connectivity index (χ4n) is 2.68. The Balaban J connectivity index is 1.58. The van der Waals surface area contributed by atoms with E-state index in [0.717, 1.165) is 0 Å². The summed E-state index contributed by atoms with van der Waals surface area (Å²) in [6.07, 6.45) is -1.40. The molecule has 0 aliphatic carbocycles. The molecule has 0 amide bonds. The van der Waals surface area contributed by atoms with Gasteiger partial charge in [-0.05, 0) is 19.3 Å². The number of hydrogen-bond donors (Lipinski definition) is 0. The van der Waals surface area contributed by atoms with Crippen LogP contribution in [0.1, 0.15) is 19.3 Å². The molecular formula is C12H21BO12S3. The minimum absolute atomic E-state index is 0.163. The van der Waals surface area contributed by atoms with Crippen LogP contribution in [0.4, 0.5) is 0 Å². The van der Waals surface area contributed by atoms with E-state index in [4.69, 9.17) is 26.5 Å². The molecule has 3 heterocycles. The highest BCUT2D eigenvalue weighted by molar-refractivity contribution is 7.87. The highest BCUT2D eigenvalue weighted by Gasteiger charge is 2.38. The van der Waals surface area contributed by atoms with Crippen LogP contribution >= 0.6 is 0 Å². The van der Waals surface area contributed by atoms with Gasteiger partial charge in [-0.3, -0.25) is 12.5 Å². The molecular weight excluding hydrogens is 443 g/mol. The molecule has 28 heavy (non-hydrogen) atoms. The van der Waals surface area contributed by atoms with Crippen LogP contribution in [0.5, 0.6) is 0 Å². The van der Waals surface area contributed by atoms with E-state index in [1.807, 2.05) is 0 Å². The van der Waals surface area contributed by atoms with Gasteiger partial charge < -0.3 is 14.0 Å². The second kappa shape index (κ2) is 8.81.